The highest BCUT2D eigenvalue weighted by molar-refractivity contribution is 7.13. The van der Waals surface area contributed by atoms with E-state index in [2.05, 4.69) is 10.2 Å². The first-order chi connectivity index (χ1) is 13.2. The number of carbonyl (C=O) groups excluding carboxylic acids is 1. The Morgan fingerprint density at radius 3 is 2.89 bits per heavy atom. The fourth-order valence-corrected chi connectivity index (χ4v) is 3.98. The number of hydrogen-bond donors (Lipinski definition) is 0. The second kappa shape index (κ2) is 7.92. The SMILES string of the molecule is COc1ccc(CC(=O)N2CCCC(c3nnc(-c4cccs4)o3)C2)cc1. The molecule has 1 unspecified atom stereocenters. The van der Waals surface area contributed by atoms with Crippen molar-refractivity contribution >= 4 is 17.2 Å². The minimum atomic E-state index is 0.0970. The monoisotopic (exact) mass is 383 g/mol. The third kappa shape index (κ3) is 4.03. The lowest BCUT2D eigenvalue weighted by Gasteiger charge is -2.31. The molecule has 0 bridgehead atoms. The molecule has 1 saturated heterocycles. The molecule has 4 rings (SSSR count). The highest BCUT2D eigenvalue weighted by Crippen LogP contribution is 2.30. The zero-order valence-corrected chi connectivity index (χ0v) is 15.9. The van der Waals surface area contributed by atoms with Crippen molar-refractivity contribution in [1.29, 1.82) is 0 Å². The number of carbonyl (C=O) groups is 1. The first kappa shape index (κ1) is 17.7. The summed E-state index contributed by atoms with van der Waals surface area (Å²) in [6.45, 7) is 1.40. The van der Waals surface area contributed by atoms with E-state index in [0.717, 1.165) is 35.6 Å². The molecular formula is C20H21N3O3S. The predicted octanol–water partition coefficient (Wildman–Crippen LogP) is 3.76. The Labute approximate surface area is 161 Å². The Hall–Kier alpha value is -2.67. The third-order valence-corrected chi connectivity index (χ3v) is 5.67. The molecule has 6 nitrogen and oxygen atoms in total. The molecule has 1 atom stereocenters. The first-order valence-corrected chi connectivity index (χ1v) is 9.89. The van der Waals surface area contributed by atoms with Crippen LogP contribution in [0.2, 0.25) is 0 Å². The van der Waals surface area contributed by atoms with Crippen molar-refractivity contribution in [2.75, 3.05) is 20.2 Å². The molecule has 1 amide bonds. The minimum absolute atomic E-state index is 0.0970. The van der Waals surface area contributed by atoms with Gasteiger partial charge in [0.1, 0.15) is 5.75 Å². The summed E-state index contributed by atoms with van der Waals surface area (Å²) in [4.78, 5) is 15.6. The van der Waals surface area contributed by atoms with Gasteiger partial charge in [-0.3, -0.25) is 4.79 Å². The first-order valence-electron chi connectivity index (χ1n) is 9.01. The van der Waals surface area contributed by atoms with E-state index in [0.29, 0.717) is 24.7 Å². The van der Waals surface area contributed by atoms with Crippen molar-refractivity contribution in [2.45, 2.75) is 25.2 Å². The van der Waals surface area contributed by atoms with Crippen molar-refractivity contribution in [3.63, 3.8) is 0 Å². The number of piperidine rings is 1. The number of ether oxygens (including phenoxy) is 1. The van der Waals surface area contributed by atoms with Gasteiger partial charge >= 0.3 is 0 Å². The van der Waals surface area contributed by atoms with E-state index in [1.54, 1.807) is 18.4 Å². The van der Waals surface area contributed by atoms with Crippen LogP contribution in [0.25, 0.3) is 10.8 Å². The van der Waals surface area contributed by atoms with Crippen LogP contribution in [0, 0.1) is 0 Å². The molecule has 0 spiro atoms. The maximum absolute atomic E-state index is 12.7. The molecule has 3 heterocycles. The number of hydrogen-bond acceptors (Lipinski definition) is 6. The van der Waals surface area contributed by atoms with Crippen LogP contribution in [0.15, 0.2) is 46.2 Å². The van der Waals surface area contributed by atoms with Crippen molar-refractivity contribution < 1.29 is 13.9 Å². The van der Waals surface area contributed by atoms with Gasteiger partial charge in [-0.05, 0) is 42.0 Å². The Morgan fingerprint density at radius 2 is 2.15 bits per heavy atom. The van der Waals surface area contributed by atoms with Gasteiger partial charge in [0.05, 0.1) is 24.3 Å². The Morgan fingerprint density at radius 1 is 1.30 bits per heavy atom. The maximum Gasteiger partial charge on any atom is 0.257 e. The molecule has 140 valence electrons. The van der Waals surface area contributed by atoms with Crippen LogP contribution in [0.3, 0.4) is 0 Å². The number of aromatic nitrogens is 2. The highest BCUT2D eigenvalue weighted by atomic mass is 32.1. The average Bonchev–Trinajstić information content (AvgIpc) is 3.40. The van der Waals surface area contributed by atoms with Gasteiger partial charge in [-0.2, -0.15) is 0 Å². The van der Waals surface area contributed by atoms with Gasteiger partial charge in [-0.15, -0.1) is 21.5 Å². The maximum atomic E-state index is 12.7. The van der Waals surface area contributed by atoms with Crippen molar-refractivity contribution in [1.82, 2.24) is 15.1 Å². The fraction of sp³-hybridized carbons (Fsp3) is 0.350. The van der Waals surface area contributed by atoms with Crippen molar-refractivity contribution in [3.05, 3.63) is 53.2 Å². The lowest BCUT2D eigenvalue weighted by atomic mass is 9.97. The molecule has 1 fully saturated rings. The van der Waals surface area contributed by atoms with Gasteiger partial charge in [0.25, 0.3) is 5.89 Å². The summed E-state index contributed by atoms with van der Waals surface area (Å²) in [5.74, 6) is 2.20. The van der Waals surface area contributed by atoms with E-state index in [9.17, 15) is 4.79 Å². The molecule has 0 saturated carbocycles. The van der Waals surface area contributed by atoms with Crippen molar-refractivity contribution in [2.24, 2.45) is 0 Å². The number of rotatable bonds is 5. The standard InChI is InChI=1S/C20H21N3O3S/c1-25-16-8-6-14(7-9-16)12-18(24)23-10-2-4-15(13-23)19-21-22-20(26-19)17-5-3-11-27-17/h3,5-9,11,15H,2,4,10,12-13H2,1H3. The summed E-state index contributed by atoms with van der Waals surface area (Å²) in [5.41, 5.74) is 0.987. The van der Waals surface area contributed by atoms with E-state index >= 15 is 0 Å². The van der Waals surface area contributed by atoms with Crippen LogP contribution in [0.4, 0.5) is 0 Å². The summed E-state index contributed by atoms with van der Waals surface area (Å²) < 4.78 is 11.0. The fourth-order valence-electron chi connectivity index (χ4n) is 3.33. The molecule has 1 aliphatic heterocycles. The molecule has 1 aromatic carbocycles. The molecule has 0 N–H and O–H groups in total. The minimum Gasteiger partial charge on any atom is -0.497 e. The van der Waals surface area contributed by atoms with Crippen molar-refractivity contribution in [3.8, 4) is 16.5 Å². The normalized spacial score (nSPS) is 17.1. The van der Waals surface area contributed by atoms with Crippen LogP contribution in [0.1, 0.15) is 30.2 Å². The van der Waals surface area contributed by atoms with Gasteiger partial charge in [0, 0.05) is 13.1 Å². The predicted molar refractivity (Wildman–Crippen MR) is 103 cm³/mol. The highest BCUT2D eigenvalue weighted by Gasteiger charge is 2.28. The number of benzene rings is 1. The van der Waals surface area contributed by atoms with E-state index in [-0.39, 0.29) is 11.8 Å². The molecule has 2 aromatic heterocycles. The Balaban J connectivity index is 1.40. The van der Waals surface area contributed by atoms with Gasteiger partial charge in [0.15, 0.2) is 0 Å². The number of likely N-dealkylation sites (tertiary alicyclic amines) is 1. The third-order valence-electron chi connectivity index (χ3n) is 4.81. The Bertz CT molecular complexity index is 890. The lowest BCUT2D eigenvalue weighted by molar-refractivity contribution is -0.131. The topological polar surface area (TPSA) is 68.5 Å². The summed E-state index contributed by atoms with van der Waals surface area (Å²) in [7, 11) is 1.63. The second-order valence-electron chi connectivity index (χ2n) is 6.63. The number of amides is 1. The molecule has 27 heavy (non-hydrogen) atoms. The van der Waals surface area contributed by atoms with Crippen LogP contribution >= 0.6 is 11.3 Å². The summed E-state index contributed by atoms with van der Waals surface area (Å²) in [6, 6.07) is 11.6. The molecule has 0 aliphatic carbocycles. The molecule has 3 aromatic rings. The second-order valence-corrected chi connectivity index (χ2v) is 7.57. The summed E-state index contributed by atoms with van der Waals surface area (Å²) >= 11 is 1.58. The number of methoxy groups -OCH3 is 1. The zero-order chi connectivity index (χ0) is 18.6. The van der Waals surface area contributed by atoms with Crippen LogP contribution in [0.5, 0.6) is 5.75 Å². The average molecular weight is 383 g/mol. The van der Waals surface area contributed by atoms with E-state index in [1.165, 1.54) is 0 Å². The number of nitrogens with zero attached hydrogens (tertiary/aromatic N) is 3. The number of thiophene rings is 1. The quantitative estimate of drug-likeness (QED) is 0.671. The smallest absolute Gasteiger partial charge is 0.257 e. The van der Waals surface area contributed by atoms with Crippen LogP contribution in [-0.4, -0.2) is 41.2 Å². The molecule has 1 aliphatic rings. The van der Waals surface area contributed by atoms with E-state index < -0.39 is 0 Å². The zero-order valence-electron chi connectivity index (χ0n) is 15.1. The van der Waals surface area contributed by atoms with Gasteiger partial charge < -0.3 is 14.1 Å². The molecule has 7 heteroatoms. The van der Waals surface area contributed by atoms with Crippen LogP contribution in [-0.2, 0) is 11.2 Å². The van der Waals surface area contributed by atoms with Gasteiger partial charge in [-0.25, -0.2) is 0 Å². The molecular weight excluding hydrogens is 362 g/mol. The van der Waals surface area contributed by atoms with E-state index in [4.69, 9.17) is 9.15 Å². The lowest BCUT2D eigenvalue weighted by Crippen LogP contribution is -2.40. The largest absolute Gasteiger partial charge is 0.497 e. The van der Waals surface area contributed by atoms with Gasteiger partial charge in [-0.1, -0.05) is 18.2 Å². The van der Waals surface area contributed by atoms with Gasteiger partial charge in [0.2, 0.25) is 11.8 Å². The van der Waals surface area contributed by atoms with Crippen LogP contribution < -0.4 is 4.74 Å². The van der Waals surface area contributed by atoms with E-state index in [1.807, 2.05) is 46.7 Å². The Kier molecular flexibility index (Phi) is 5.20. The summed E-state index contributed by atoms with van der Waals surface area (Å²) in [5, 5.41) is 10.4. The summed E-state index contributed by atoms with van der Waals surface area (Å²) in [6.07, 6.45) is 2.29. The molecule has 0 radical (unpaired) electrons.